The number of alkyl halides is 3. The first kappa shape index (κ1) is 25.6. The summed E-state index contributed by atoms with van der Waals surface area (Å²) in [5.41, 5.74) is 0.284. The SMILES string of the molecule is CO[C@@H]1C[C@H](S(=O)(=O)c2ccc(-c3cc[nH]n3)cc2C(F)(F)F)C[C@@]1(C(=O)O)C1CC1(C#N)C(N)=O. The number of carbonyl (C=O) groups is 2. The van der Waals surface area contributed by atoms with Gasteiger partial charge in [-0.2, -0.15) is 23.5 Å². The molecule has 4 N–H and O–H groups in total. The molecule has 2 aromatic rings. The molecule has 2 aliphatic rings. The molecule has 1 heterocycles. The van der Waals surface area contributed by atoms with E-state index < -0.39 is 79.3 Å². The maximum Gasteiger partial charge on any atom is 0.417 e. The summed E-state index contributed by atoms with van der Waals surface area (Å²) in [7, 11) is -3.61. The topological polar surface area (TPSA) is 176 Å². The highest BCUT2D eigenvalue weighted by molar-refractivity contribution is 7.92. The minimum atomic E-state index is -5.05. The van der Waals surface area contributed by atoms with Crippen LogP contribution < -0.4 is 5.73 Å². The highest BCUT2D eigenvalue weighted by atomic mass is 32.2. The summed E-state index contributed by atoms with van der Waals surface area (Å²) in [6.07, 6.45) is -6.25. The lowest BCUT2D eigenvalue weighted by molar-refractivity contribution is -0.159. The van der Waals surface area contributed by atoms with Gasteiger partial charge in [0.1, 0.15) is 10.8 Å². The van der Waals surface area contributed by atoms with Gasteiger partial charge < -0.3 is 15.6 Å². The lowest BCUT2D eigenvalue weighted by atomic mass is 9.75. The predicted molar refractivity (Wildman–Crippen MR) is 115 cm³/mol. The molecule has 0 spiro atoms. The van der Waals surface area contributed by atoms with Gasteiger partial charge in [-0.1, -0.05) is 6.07 Å². The van der Waals surface area contributed by atoms with Crippen LogP contribution in [0.15, 0.2) is 35.4 Å². The molecule has 0 bridgehead atoms. The smallest absolute Gasteiger partial charge is 0.417 e. The zero-order valence-corrected chi connectivity index (χ0v) is 19.6. The Balaban J connectivity index is 1.79. The van der Waals surface area contributed by atoms with Crippen LogP contribution in [0.5, 0.6) is 0 Å². The fourth-order valence-electron chi connectivity index (χ4n) is 5.42. The Labute approximate surface area is 203 Å². The van der Waals surface area contributed by atoms with E-state index in [0.717, 1.165) is 13.2 Å². The summed E-state index contributed by atoms with van der Waals surface area (Å²) in [4.78, 5) is 23.4. The van der Waals surface area contributed by atoms with Crippen molar-refractivity contribution in [2.45, 2.75) is 41.7 Å². The number of nitrogens with two attached hydrogens (primary N) is 1. The number of rotatable bonds is 7. The van der Waals surface area contributed by atoms with E-state index in [0.29, 0.717) is 6.07 Å². The molecule has 192 valence electrons. The molecule has 5 atom stereocenters. The van der Waals surface area contributed by atoms with Crippen LogP contribution >= 0.6 is 0 Å². The number of ether oxygens (including phenoxy) is 1. The second-order valence-electron chi connectivity index (χ2n) is 9.05. The molecule has 0 saturated heterocycles. The van der Waals surface area contributed by atoms with E-state index in [2.05, 4.69) is 10.2 Å². The molecule has 2 fully saturated rings. The van der Waals surface area contributed by atoms with Gasteiger partial charge in [0.15, 0.2) is 9.84 Å². The van der Waals surface area contributed by atoms with Crippen molar-refractivity contribution >= 4 is 21.7 Å². The van der Waals surface area contributed by atoms with Gasteiger partial charge >= 0.3 is 12.1 Å². The average Bonchev–Trinajstić information content (AvgIpc) is 3.16. The van der Waals surface area contributed by atoms with Crippen molar-refractivity contribution in [2.24, 2.45) is 22.5 Å². The number of methoxy groups -OCH3 is 1. The number of nitrogens with zero attached hydrogens (tertiary/aromatic N) is 2. The van der Waals surface area contributed by atoms with E-state index >= 15 is 0 Å². The van der Waals surface area contributed by atoms with E-state index in [1.807, 2.05) is 0 Å². The van der Waals surface area contributed by atoms with Crippen LogP contribution in [0.1, 0.15) is 24.8 Å². The van der Waals surface area contributed by atoms with Crippen molar-refractivity contribution < 1.29 is 41.0 Å². The van der Waals surface area contributed by atoms with Crippen molar-refractivity contribution in [1.29, 1.82) is 5.26 Å². The number of primary amides is 1. The number of carbonyl (C=O) groups excluding carboxylic acids is 1. The normalized spacial score (nSPS) is 30.0. The molecule has 0 radical (unpaired) electrons. The average molecular weight is 526 g/mol. The fraction of sp³-hybridized carbons (Fsp3) is 0.455. The third kappa shape index (κ3) is 3.65. The number of nitriles is 1. The number of carboxylic acid groups (broad SMARTS) is 1. The van der Waals surface area contributed by atoms with Gasteiger partial charge in [-0.25, -0.2) is 8.42 Å². The van der Waals surface area contributed by atoms with Crippen LogP contribution in [0.25, 0.3) is 11.3 Å². The summed E-state index contributed by atoms with van der Waals surface area (Å²) < 4.78 is 74.4. The first-order chi connectivity index (χ1) is 16.8. The van der Waals surface area contributed by atoms with E-state index in [1.165, 1.54) is 18.3 Å². The zero-order valence-electron chi connectivity index (χ0n) is 18.7. The molecular formula is C22H21F3N4O6S. The number of carboxylic acids is 1. The van der Waals surface area contributed by atoms with Crippen LogP contribution in [0, 0.1) is 28.1 Å². The summed E-state index contributed by atoms with van der Waals surface area (Å²) in [6.45, 7) is 0. The van der Waals surface area contributed by atoms with Crippen molar-refractivity contribution in [2.75, 3.05) is 7.11 Å². The molecule has 0 aliphatic heterocycles. The predicted octanol–water partition coefficient (Wildman–Crippen LogP) is 2.13. The van der Waals surface area contributed by atoms with Crippen LogP contribution in [0.3, 0.4) is 0 Å². The van der Waals surface area contributed by atoms with Crippen LogP contribution in [-0.2, 0) is 30.3 Å². The molecule has 14 heteroatoms. The first-order valence-electron chi connectivity index (χ1n) is 10.7. The van der Waals surface area contributed by atoms with Crippen molar-refractivity contribution in [1.82, 2.24) is 10.2 Å². The number of aromatic amines is 1. The molecule has 2 saturated carbocycles. The van der Waals surface area contributed by atoms with E-state index in [4.69, 9.17) is 10.5 Å². The number of aromatic nitrogens is 2. The Morgan fingerprint density at radius 1 is 1.31 bits per heavy atom. The van der Waals surface area contributed by atoms with Gasteiger partial charge in [0.25, 0.3) is 0 Å². The quantitative estimate of drug-likeness (QED) is 0.491. The Kier molecular flexibility index (Phi) is 5.92. The van der Waals surface area contributed by atoms with Crippen LogP contribution in [0.2, 0.25) is 0 Å². The highest BCUT2D eigenvalue weighted by Crippen LogP contribution is 2.66. The maximum atomic E-state index is 14.0. The minimum Gasteiger partial charge on any atom is -0.481 e. The fourth-order valence-corrected chi connectivity index (χ4v) is 7.44. The number of halogens is 3. The Morgan fingerprint density at radius 2 is 2.00 bits per heavy atom. The Bertz CT molecular complexity index is 1370. The van der Waals surface area contributed by atoms with Crippen LogP contribution in [0.4, 0.5) is 13.2 Å². The van der Waals surface area contributed by atoms with Gasteiger partial charge in [0, 0.05) is 24.8 Å². The number of nitrogens with one attached hydrogen (secondary N) is 1. The Morgan fingerprint density at radius 3 is 2.47 bits per heavy atom. The molecule has 2 aliphatic carbocycles. The number of hydrogen-bond acceptors (Lipinski definition) is 7. The highest BCUT2D eigenvalue weighted by Gasteiger charge is 2.75. The summed E-state index contributed by atoms with van der Waals surface area (Å²) >= 11 is 0. The number of H-pyrrole nitrogens is 1. The third-order valence-electron chi connectivity index (χ3n) is 7.35. The molecule has 1 amide bonds. The number of benzene rings is 1. The number of aliphatic carboxylic acids is 1. The lowest BCUT2D eigenvalue weighted by Gasteiger charge is -2.31. The van der Waals surface area contributed by atoms with Gasteiger partial charge in [0.05, 0.1) is 33.6 Å². The Hall–Kier alpha value is -3.44. The molecule has 36 heavy (non-hydrogen) atoms. The van der Waals surface area contributed by atoms with Crippen LogP contribution in [-0.4, -0.2) is 54.1 Å². The monoisotopic (exact) mass is 526 g/mol. The molecule has 4 rings (SSSR count). The molecule has 10 nitrogen and oxygen atoms in total. The van der Waals surface area contributed by atoms with Crippen molar-refractivity contribution in [3.05, 3.63) is 36.0 Å². The number of amides is 1. The molecule has 1 aromatic carbocycles. The lowest BCUT2D eigenvalue weighted by Crippen LogP contribution is -2.44. The summed E-state index contributed by atoms with van der Waals surface area (Å²) in [6, 6.07) is 5.83. The standard InChI is InChI=1S/C22H21F3N4O6S/c1-35-17-7-12(8-21(17,19(31)32)16-9-20(16,10-26)18(27)30)36(33,34)15-3-2-11(14-4-5-28-29-14)6-13(15)22(23,24)25/h2-6,12,16-17H,7-9H2,1H3,(H2,27,30)(H,28,29)(H,31,32)/t12-,16?,17+,20?,21+/m0/s1. The van der Waals surface area contributed by atoms with Crippen molar-refractivity contribution in [3.8, 4) is 17.3 Å². The molecule has 2 unspecified atom stereocenters. The minimum absolute atomic E-state index is 0.0295. The van der Waals surface area contributed by atoms with Crippen molar-refractivity contribution in [3.63, 3.8) is 0 Å². The van der Waals surface area contributed by atoms with Gasteiger partial charge in [-0.15, -0.1) is 0 Å². The number of hydrogen-bond donors (Lipinski definition) is 3. The maximum absolute atomic E-state index is 14.0. The second-order valence-corrected chi connectivity index (χ2v) is 11.2. The zero-order chi connectivity index (χ0) is 26.7. The largest absolute Gasteiger partial charge is 0.481 e. The van der Waals surface area contributed by atoms with E-state index in [9.17, 15) is 41.5 Å². The summed E-state index contributed by atoms with van der Waals surface area (Å²) in [5, 5.41) is 24.3. The molecular weight excluding hydrogens is 505 g/mol. The number of sulfone groups is 1. The van der Waals surface area contributed by atoms with Gasteiger partial charge in [-0.05, 0) is 37.5 Å². The van der Waals surface area contributed by atoms with E-state index in [1.54, 1.807) is 6.07 Å². The van der Waals surface area contributed by atoms with Gasteiger partial charge in [0.2, 0.25) is 5.91 Å². The third-order valence-corrected chi connectivity index (χ3v) is 9.55. The second kappa shape index (κ2) is 8.31. The van der Waals surface area contributed by atoms with Gasteiger partial charge in [-0.3, -0.25) is 14.7 Å². The molecule has 1 aromatic heterocycles. The van der Waals surface area contributed by atoms with E-state index in [-0.39, 0.29) is 17.7 Å². The summed E-state index contributed by atoms with van der Waals surface area (Å²) in [5.74, 6) is -3.72. The first-order valence-corrected chi connectivity index (χ1v) is 12.2.